The summed E-state index contributed by atoms with van der Waals surface area (Å²) in [4.78, 5) is 41.1. The summed E-state index contributed by atoms with van der Waals surface area (Å²) in [5, 5.41) is 16.3. The number of hydrogen-bond donors (Lipinski definition) is 3. The Balaban J connectivity index is 0.862. The first kappa shape index (κ1) is 46.4. The van der Waals surface area contributed by atoms with E-state index >= 15 is 0 Å². The molecule has 5 fully saturated rings. The van der Waals surface area contributed by atoms with Crippen LogP contribution in [0.5, 0.6) is 11.6 Å². The number of nitrogens with one attached hydrogen (secondary N) is 3. The van der Waals surface area contributed by atoms with Crippen molar-refractivity contribution in [1.29, 1.82) is 0 Å². The van der Waals surface area contributed by atoms with Gasteiger partial charge in [-0.1, -0.05) is 18.2 Å². The molecule has 17 nitrogen and oxygen atoms in total. The smallest absolute Gasteiger partial charge is 0.293 e. The quantitative estimate of drug-likeness (QED) is 0.0753. The van der Waals surface area contributed by atoms with Gasteiger partial charge in [-0.05, 0) is 132 Å². The number of sulfonamides is 1. The number of benzene rings is 3. The summed E-state index contributed by atoms with van der Waals surface area (Å²) in [5.74, 6) is 0.693. The van der Waals surface area contributed by atoms with Gasteiger partial charge in [-0.25, -0.2) is 13.1 Å². The molecule has 0 unspecified atom stereocenters. The lowest BCUT2D eigenvalue weighted by Crippen LogP contribution is -2.54. The average Bonchev–Trinajstić information content (AvgIpc) is 4.12. The second-order valence-electron chi connectivity index (χ2n) is 20.5. The molecule has 6 aliphatic rings. The summed E-state index contributed by atoms with van der Waals surface area (Å²) < 4.78 is 54.7. The minimum absolute atomic E-state index is 0.0808. The molecule has 7 heterocycles. The molecule has 0 bridgehead atoms. The van der Waals surface area contributed by atoms with Crippen molar-refractivity contribution in [1.82, 2.24) is 19.6 Å². The van der Waals surface area contributed by atoms with Crippen LogP contribution in [0.1, 0.15) is 87.2 Å². The molecule has 5 aromatic rings. The normalized spacial score (nSPS) is 22.9. The van der Waals surface area contributed by atoms with Crippen molar-refractivity contribution in [3.8, 4) is 11.6 Å². The Morgan fingerprint density at radius 3 is 2.59 bits per heavy atom. The van der Waals surface area contributed by atoms with Crippen molar-refractivity contribution < 1.29 is 37.1 Å². The van der Waals surface area contributed by atoms with Gasteiger partial charge in [0, 0.05) is 86.3 Å². The lowest BCUT2D eigenvalue weighted by molar-refractivity contribution is -0.384. The largest absolute Gasteiger partial charge is 0.491 e. The minimum Gasteiger partial charge on any atom is -0.491 e. The van der Waals surface area contributed by atoms with E-state index in [-0.39, 0.29) is 40.7 Å². The van der Waals surface area contributed by atoms with E-state index in [1.165, 1.54) is 24.1 Å². The van der Waals surface area contributed by atoms with Crippen LogP contribution in [0.15, 0.2) is 83.9 Å². The predicted molar refractivity (Wildman–Crippen MR) is 266 cm³/mol. The van der Waals surface area contributed by atoms with Crippen LogP contribution in [0.3, 0.4) is 0 Å². The maximum absolute atomic E-state index is 14.6. The van der Waals surface area contributed by atoms with Crippen molar-refractivity contribution in [3.05, 3.63) is 100 Å². The Morgan fingerprint density at radius 1 is 0.971 bits per heavy atom. The monoisotopic (exact) mass is 974 g/mol. The number of nitrogens with zero attached hydrogens (tertiary/aromatic N) is 5. The zero-order valence-electron chi connectivity index (χ0n) is 39.8. The van der Waals surface area contributed by atoms with Crippen LogP contribution in [-0.2, 0) is 19.5 Å². The fraction of sp³-hybridized carbons (Fsp3) is 0.500. The fourth-order valence-electron chi connectivity index (χ4n) is 11.9. The standard InChI is InChI=1S/C52H62N8O9S/c1-33(2)68-47-8-4-3-6-40(47)43-7-5-19-58(43)38-27-52(28-38)16-20-57(21-17-52)37-9-11-41(44(25-37)59-30-36-31-67-32-48(36)69-51-46(59)24-35-13-18-53-49(35)55-51)50(61)56-70(64,65)39-10-12-42(45(26-39)60(62)63)54-29-34-14-22-66-23-15-34/h3-4,6,8-13,18,24-26,33-34,36,38,43,48,54H,5,7,14-17,19-23,27-32H2,1-2H3,(H,53,55)(H,56,61)/t36-,43-,48+/m0/s1. The molecule has 0 radical (unpaired) electrons. The predicted octanol–water partition coefficient (Wildman–Crippen LogP) is 8.35. The van der Waals surface area contributed by atoms with Gasteiger partial charge in [0.05, 0.1) is 40.4 Å². The third-order valence-corrected chi connectivity index (χ3v) is 17.0. The molecule has 3 N–H and O–H groups in total. The summed E-state index contributed by atoms with van der Waals surface area (Å²) in [5.41, 5.74) is 4.19. The number of H-pyrrole nitrogens is 1. The molecular formula is C52H62N8O9S. The lowest BCUT2D eigenvalue weighted by atomic mass is 9.60. The highest BCUT2D eigenvalue weighted by Gasteiger charge is 2.50. The second-order valence-corrected chi connectivity index (χ2v) is 22.1. The van der Waals surface area contributed by atoms with Crippen LogP contribution < -0.4 is 29.3 Å². The number of carbonyl (C=O) groups is 1. The molecule has 1 saturated carbocycles. The topological polar surface area (TPSA) is 194 Å². The maximum Gasteiger partial charge on any atom is 0.293 e. The van der Waals surface area contributed by atoms with Crippen molar-refractivity contribution in [3.63, 3.8) is 0 Å². The number of amides is 1. The van der Waals surface area contributed by atoms with Crippen LogP contribution in [0, 0.1) is 27.4 Å². The molecule has 1 amide bonds. The first-order chi connectivity index (χ1) is 33.9. The Bertz CT molecular complexity index is 2870. The highest BCUT2D eigenvalue weighted by atomic mass is 32.2. The Labute approximate surface area is 408 Å². The molecule has 4 saturated heterocycles. The number of rotatable bonds is 13. The van der Waals surface area contributed by atoms with E-state index in [1.54, 1.807) is 6.07 Å². The summed E-state index contributed by atoms with van der Waals surface area (Å²) in [6, 6.07) is 22.6. The average molecular weight is 975 g/mol. The van der Waals surface area contributed by atoms with Gasteiger partial charge in [0.2, 0.25) is 5.88 Å². The fourth-order valence-corrected chi connectivity index (χ4v) is 12.9. The Kier molecular flexibility index (Phi) is 12.6. The molecule has 3 atom stereocenters. The van der Waals surface area contributed by atoms with E-state index in [2.05, 4.69) is 62.9 Å². The number of aromatic nitrogens is 2. The first-order valence-corrected chi connectivity index (χ1v) is 26.5. The number of carbonyl (C=O) groups excluding carboxylic acids is 1. The molecule has 18 heteroatoms. The van der Waals surface area contributed by atoms with Crippen molar-refractivity contribution in [2.75, 3.05) is 74.3 Å². The van der Waals surface area contributed by atoms with E-state index < -0.39 is 31.4 Å². The molecule has 370 valence electrons. The van der Waals surface area contributed by atoms with Crippen molar-refractivity contribution >= 4 is 55.4 Å². The number of nitro benzene ring substituents is 1. The number of likely N-dealkylation sites (tertiary alicyclic amines) is 1. The number of aromatic amines is 1. The molecule has 70 heavy (non-hydrogen) atoms. The third-order valence-electron chi connectivity index (χ3n) is 15.7. The van der Waals surface area contributed by atoms with Crippen LogP contribution in [-0.4, -0.2) is 112 Å². The highest BCUT2D eigenvalue weighted by molar-refractivity contribution is 7.90. The van der Waals surface area contributed by atoms with E-state index in [1.807, 2.05) is 35.4 Å². The Morgan fingerprint density at radius 2 is 1.79 bits per heavy atom. The summed E-state index contributed by atoms with van der Waals surface area (Å²) in [6.45, 7) is 9.91. The second kappa shape index (κ2) is 19.0. The van der Waals surface area contributed by atoms with E-state index in [0.29, 0.717) is 74.5 Å². The minimum atomic E-state index is -4.59. The maximum atomic E-state index is 14.6. The number of nitro groups is 1. The van der Waals surface area contributed by atoms with Gasteiger partial charge in [0.25, 0.3) is 21.6 Å². The number of fused-ring (bicyclic) bond motifs is 3. The number of anilines is 4. The van der Waals surface area contributed by atoms with Crippen LogP contribution in [0.25, 0.3) is 11.0 Å². The third kappa shape index (κ3) is 9.14. The summed E-state index contributed by atoms with van der Waals surface area (Å²) in [7, 11) is -4.59. The molecular weight excluding hydrogens is 913 g/mol. The molecule has 1 aliphatic carbocycles. The summed E-state index contributed by atoms with van der Waals surface area (Å²) in [6.07, 6.45) is 10.0. The van der Waals surface area contributed by atoms with E-state index in [4.69, 9.17) is 23.9 Å². The molecule has 2 aromatic heterocycles. The zero-order chi connectivity index (χ0) is 48.1. The van der Waals surface area contributed by atoms with Gasteiger partial charge in [0.15, 0.2) is 0 Å². The van der Waals surface area contributed by atoms with Gasteiger partial charge >= 0.3 is 0 Å². The van der Waals surface area contributed by atoms with Crippen molar-refractivity contribution in [2.45, 2.75) is 94.4 Å². The van der Waals surface area contributed by atoms with E-state index in [9.17, 15) is 23.3 Å². The van der Waals surface area contributed by atoms with Gasteiger partial charge in [-0.15, -0.1) is 0 Å². The van der Waals surface area contributed by atoms with Gasteiger partial charge < -0.3 is 39.0 Å². The SMILES string of the molecule is CC(C)Oc1ccccc1[C@@H]1CCCN1C1CC2(CCN(c3ccc(C(=O)NS(=O)(=O)c4ccc(NCC5CCOCC5)c([N+](=O)[O-])c4)c(N4C[C@H]5COC[C@H]5Oc5nc6[nH]ccc6cc54)c3)CC2)C1. The number of pyridine rings is 1. The van der Waals surface area contributed by atoms with Crippen LogP contribution >= 0.6 is 0 Å². The van der Waals surface area contributed by atoms with E-state index in [0.717, 1.165) is 87.5 Å². The summed E-state index contributed by atoms with van der Waals surface area (Å²) >= 11 is 0. The Hall–Kier alpha value is -5.95. The van der Waals surface area contributed by atoms with Crippen LogP contribution in [0.2, 0.25) is 0 Å². The lowest BCUT2D eigenvalue weighted by Gasteiger charge is -2.56. The first-order valence-electron chi connectivity index (χ1n) is 25.0. The molecule has 5 aliphatic heterocycles. The molecule has 1 spiro atoms. The number of piperidine rings is 1. The van der Waals surface area contributed by atoms with Gasteiger partial charge in [-0.2, -0.15) is 4.98 Å². The van der Waals surface area contributed by atoms with Crippen molar-refractivity contribution in [2.24, 2.45) is 17.3 Å². The molecule has 11 rings (SSSR count). The van der Waals surface area contributed by atoms with Gasteiger partial charge in [-0.3, -0.25) is 19.8 Å². The van der Waals surface area contributed by atoms with Crippen LogP contribution in [0.4, 0.5) is 28.4 Å². The number of para-hydroxylation sites is 1. The van der Waals surface area contributed by atoms with Gasteiger partial charge in [0.1, 0.15) is 28.9 Å². The number of ether oxygens (including phenoxy) is 4. The zero-order valence-corrected chi connectivity index (χ0v) is 40.6. The number of hydrogen-bond acceptors (Lipinski definition) is 14. The highest BCUT2D eigenvalue weighted by Crippen LogP contribution is 2.55. The molecule has 3 aromatic carbocycles.